The van der Waals surface area contributed by atoms with Crippen LogP contribution in [0.25, 0.3) is 0 Å². The Balaban J connectivity index is 2.54. The molecular formula is C11H17NOS. The van der Waals surface area contributed by atoms with Crippen LogP contribution in [0.3, 0.4) is 0 Å². The Hall–Kier alpha value is -0.510. The van der Waals surface area contributed by atoms with Crippen molar-refractivity contribution >= 4 is 11.8 Å². The lowest BCUT2D eigenvalue weighted by molar-refractivity contribution is 0.220. The third-order valence-corrected chi connectivity index (χ3v) is 3.01. The Morgan fingerprint density at radius 2 is 2.29 bits per heavy atom. The number of thioether (sulfide) groups is 1. The molecule has 0 bridgehead atoms. The highest BCUT2D eigenvalue weighted by Gasteiger charge is 1.99. The molecule has 2 nitrogen and oxygen atoms in total. The second-order valence-corrected chi connectivity index (χ2v) is 4.43. The minimum absolute atomic E-state index is 0.243. The molecule has 0 radical (unpaired) electrons. The quantitative estimate of drug-likeness (QED) is 0.729. The van der Waals surface area contributed by atoms with Crippen LogP contribution in [0.2, 0.25) is 0 Å². The standard InChI is InChI=1S/C11H17NOS/c1-9(13)8-14-11-5-3-4-10(6-11)7-12-2/h3-6,9,12-13H,7-8H2,1-2H3. The van der Waals surface area contributed by atoms with Crippen LogP contribution < -0.4 is 5.32 Å². The van der Waals surface area contributed by atoms with Crippen LogP contribution in [0, 0.1) is 0 Å². The van der Waals surface area contributed by atoms with Gasteiger partial charge < -0.3 is 10.4 Å². The van der Waals surface area contributed by atoms with Crippen molar-refractivity contribution in [2.75, 3.05) is 12.8 Å². The number of rotatable bonds is 5. The first-order chi connectivity index (χ1) is 6.72. The SMILES string of the molecule is CNCc1cccc(SCC(C)O)c1. The van der Waals surface area contributed by atoms with Gasteiger partial charge in [0.25, 0.3) is 0 Å². The zero-order valence-electron chi connectivity index (χ0n) is 8.66. The van der Waals surface area contributed by atoms with E-state index >= 15 is 0 Å². The van der Waals surface area contributed by atoms with Gasteiger partial charge in [0, 0.05) is 17.2 Å². The largest absolute Gasteiger partial charge is 0.393 e. The molecule has 1 unspecified atom stereocenters. The van der Waals surface area contributed by atoms with Crippen LogP contribution in [-0.2, 0) is 6.54 Å². The first-order valence-electron chi connectivity index (χ1n) is 4.77. The molecule has 3 heteroatoms. The molecule has 1 aromatic rings. The fraction of sp³-hybridized carbons (Fsp3) is 0.455. The van der Waals surface area contributed by atoms with E-state index in [9.17, 15) is 0 Å². The Labute approximate surface area is 89.7 Å². The molecule has 0 heterocycles. The van der Waals surface area contributed by atoms with Crippen molar-refractivity contribution in [2.24, 2.45) is 0 Å². The van der Waals surface area contributed by atoms with Crippen LogP contribution in [0.5, 0.6) is 0 Å². The summed E-state index contributed by atoms with van der Waals surface area (Å²) in [5.74, 6) is 0.753. The van der Waals surface area contributed by atoms with Crippen molar-refractivity contribution < 1.29 is 5.11 Å². The lowest BCUT2D eigenvalue weighted by Crippen LogP contribution is -2.05. The highest BCUT2D eigenvalue weighted by Crippen LogP contribution is 2.19. The van der Waals surface area contributed by atoms with E-state index in [2.05, 4.69) is 29.6 Å². The van der Waals surface area contributed by atoms with Crippen molar-refractivity contribution in [1.82, 2.24) is 5.32 Å². The zero-order valence-corrected chi connectivity index (χ0v) is 9.47. The molecule has 0 amide bonds. The van der Waals surface area contributed by atoms with Gasteiger partial charge in [0.15, 0.2) is 0 Å². The first-order valence-corrected chi connectivity index (χ1v) is 5.75. The Bertz CT molecular complexity index is 276. The van der Waals surface area contributed by atoms with E-state index in [1.165, 1.54) is 10.5 Å². The third kappa shape index (κ3) is 4.13. The van der Waals surface area contributed by atoms with Gasteiger partial charge in [-0.15, -0.1) is 11.8 Å². The van der Waals surface area contributed by atoms with E-state index in [1.54, 1.807) is 11.8 Å². The fourth-order valence-corrected chi connectivity index (χ4v) is 2.01. The van der Waals surface area contributed by atoms with Crippen molar-refractivity contribution in [3.05, 3.63) is 29.8 Å². The topological polar surface area (TPSA) is 32.3 Å². The molecule has 1 aromatic carbocycles. The van der Waals surface area contributed by atoms with Crippen LogP contribution in [0.1, 0.15) is 12.5 Å². The number of aliphatic hydroxyl groups is 1. The smallest absolute Gasteiger partial charge is 0.0606 e. The number of nitrogens with one attached hydrogen (secondary N) is 1. The number of aliphatic hydroxyl groups excluding tert-OH is 1. The van der Waals surface area contributed by atoms with Crippen molar-refractivity contribution in [1.29, 1.82) is 0 Å². The van der Waals surface area contributed by atoms with E-state index in [1.807, 2.05) is 14.0 Å². The molecule has 1 rings (SSSR count). The van der Waals surface area contributed by atoms with Gasteiger partial charge in [-0.25, -0.2) is 0 Å². The van der Waals surface area contributed by atoms with Crippen molar-refractivity contribution in [2.45, 2.75) is 24.5 Å². The predicted molar refractivity (Wildman–Crippen MR) is 61.6 cm³/mol. The summed E-state index contributed by atoms with van der Waals surface area (Å²) in [6.45, 7) is 2.70. The molecule has 0 fully saturated rings. The van der Waals surface area contributed by atoms with Crippen LogP contribution in [0.4, 0.5) is 0 Å². The van der Waals surface area contributed by atoms with Gasteiger partial charge in [-0.1, -0.05) is 12.1 Å². The van der Waals surface area contributed by atoms with Gasteiger partial charge in [0.1, 0.15) is 0 Å². The first kappa shape index (κ1) is 11.6. The molecule has 0 saturated heterocycles. The van der Waals surface area contributed by atoms with E-state index in [4.69, 9.17) is 5.11 Å². The molecule has 2 N–H and O–H groups in total. The predicted octanol–water partition coefficient (Wildman–Crippen LogP) is 1.88. The summed E-state index contributed by atoms with van der Waals surface area (Å²) in [6.07, 6.45) is -0.243. The lowest BCUT2D eigenvalue weighted by atomic mass is 10.2. The van der Waals surface area contributed by atoms with E-state index in [-0.39, 0.29) is 6.10 Å². The van der Waals surface area contributed by atoms with Crippen LogP contribution in [-0.4, -0.2) is 24.0 Å². The normalized spacial score (nSPS) is 12.8. The van der Waals surface area contributed by atoms with E-state index in [0.717, 1.165) is 12.3 Å². The third-order valence-electron chi connectivity index (χ3n) is 1.77. The fourth-order valence-electron chi connectivity index (χ4n) is 1.17. The second kappa shape index (κ2) is 6.06. The average molecular weight is 211 g/mol. The minimum atomic E-state index is -0.243. The number of hydrogen-bond donors (Lipinski definition) is 2. The molecule has 0 aliphatic heterocycles. The molecule has 0 aliphatic rings. The minimum Gasteiger partial charge on any atom is -0.393 e. The van der Waals surface area contributed by atoms with Gasteiger partial charge in [-0.3, -0.25) is 0 Å². The summed E-state index contributed by atoms with van der Waals surface area (Å²) >= 11 is 1.69. The number of benzene rings is 1. The zero-order chi connectivity index (χ0) is 10.4. The highest BCUT2D eigenvalue weighted by molar-refractivity contribution is 7.99. The van der Waals surface area contributed by atoms with Gasteiger partial charge in [-0.2, -0.15) is 0 Å². The van der Waals surface area contributed by atoms with Crippen LogP contribution in [0.15, 0.2) is 29.2 Å². The molecule has 0 aliphatic carbocycles. The average Bonchev–Trinajstić information content (AvgIpc) is 2.16. The summed E-state index contributed by atoms with van der Waals surface area (Å²) in [5, 5.41) is 12.3. The van der Waals surface area contributed by atoms with Crippen LogP contribution >= 0.6 is 11.8 Å². The molecule has 0 spiro atoms. The maximum Gasteiger partial charge on any atom is 0.0606 e. The van der Waals surface area contributed by atoms with Gasteiger partial charge in [-0.05, 0) is 31.7 Å². The Morgan fingerprint density at radius 1 is 1.50 bits per heavy atom. The van der Waals surface area contributed by atoms with Gasteiger partial charge in [0.05, 0.1) is 6.10 Å². The van der Waals surface area contributed by atoms with E-state index < -0.39 is 0 Å². The summed E-state index contributed by atoms with van der Waals surface area (Å²) in [4.78, 5) is 1.22. The second-order valence-electron chi connectivity index (χ2n) is 3.34. The van der Waals surface area contributed by atoms with Gasteiger partial charge >= 0.3 is 0 Å². The molecular weight excluding hydrogens is 194 g/mol. The highest BCUT2D eigenvalue weighted by atomic mass is 32.2. The summed E-state index contributed by atoms with van der Waals surface area (Å²) in [7, 11) is 1.94. The van der Waals surface area contributed by atoms with E-state index in [0.29, 0.717) is 0 Å². The Kier molecular flexibility index (Phi) is 5.01. The summed E-state index contributed by atoms with van der Waals surface area (Å²) in [6, 6.07) is 8.38. The lowest BCUT2D eigenvalue weighted by Gasteiger charge is -2.06. The molecule has 0 saturated carbocycles. The Morgan fingerprint density at radius 3 is 2.93 bits per heavy atom. The van der Waals surface area contributed by atoms with Crippen molar-refractivity contribution in [3.8, 4) is 0 Å². The molecule has 1 atom stereocenters. The summed E-state index contributed by atoms with van der Waals surface area (Å²) < 4.78 is 0. The maximum atomic E-state index is 9.15. The maximum absolute atomic E-state index is 9.15. The monoisotopic (exact) mass is 211 g/mol. The van der Waals surface area contributed by atoms with Gasteiger partial charge in [0.2, 0.25) is 0 Å². The number of hydrogen-bond acceptors (Lipinski definition) is 3. The molecule has 78 valence electrons. The molecule has 14 heavy (non-hydrogen) atoms. The molecule has 0 aromatic heterocycles. The van der Waals surface area contributed by atoms with Crippen molar-refractivity contribution in [3.63, 3.8) is 0 Å². The summed E-state index contributed by atoms with van der Waals surface area (Å²) in [5.41, 5.74) is 1.28.